The summed E-state index contributed by atoms with van der Waals surface area (Å²) in [5, 5.41) is 0. The maximum atomic E-state index is 11.6. The van der Waals surface area contributed by atoms with Crippen molar-refractivity contribution in [1.29, 1.82) is 0 Å². The van der Waals surface area contributed by atoms with Crippen LogP contribution in [-0.2, 0) is 22.3 Å². The molecule has 0 bridgehead atoms. The monoisotopic (exact) mass is 210 g/mol. The molecule has 14 heavy (non-hydrogen) atoms. The van der Waals surface area contributed by atoms with E-state index in [2.05, 4.69) is 0 Å². The van der Waals surface area contributed by atoms with Gasteiger partial charge in [0.25, 0.3) is 0 Å². The Morgan fingerprint density at radius 3 is 1.86 bits per heavy atom. The van der Waals surface area contributed by atoms with E-state index in [9.17, 15) is 4.21 Å². The average molecular weight is 210 g/mol. The van der Waals surface area contributed by atoms with Crippen LogP contribution in [0.2, 0.25) is 0 Å². The first kappa shape index (κ1) is 9.27. The van der Waals surface area contributed by atoms with Gasteiger partial charge in [0.05, 0.1) is 24.0 Å². The first-order valence-electron chi connectivity index (χ1n) is 4.24. The van der Waals surface area contributed by atoms with Gasteiger partial charge in [-0.3, -0.25) is 4.21 Å². The Labute approximate surface area is 84.2 Å². The first-order valence-corrected chi connectivity index (χ1v) is 5.73. The molecule has 0 N–H and O–H groups in total. The first-order chi connectivity index (χ1) is 6.84. The Kier molecular flexibility index (Phi) is 2.84. The van der Waals surface area contributed by atoms with Gasteiger partial charge in [0.2, 0.25) is 0 Å². The van der Waals surface area contributed by atoms with Crippen LogP contribution >= 0.6 is 0 Å². The normalized spacial score (nSPS) is 10.9. The molecule has 0 aliphatic heterocycles. The molecule has 0 saturated carbocycles. The second-order valence-corrected chi connectivity index (χ2v) is 4.34. The predicted molar refractivity (Wildman–Crippen MR) is 53.0 cm³/mol. The van der Waals surface area contributed by atoms with Gasteiger partial charge in [0.15, 0.2) is 0 Å². The number of furan rings is 2. The number of hydrogen-bond acceptors (Lipinski definition) is 3. The molecule has 3 nitrogen and oxygen atoms in total. The summed E-state index contributed by atoms with van der Waals surface area (Å²) < 4.78 is 21.8. The summed E-state index contributed by atoms with van der Waals surface area (Å²) in [6, 6.07) is 7.22. The lowest BCUT2D eigenvalue weighted by molar-refractivity contribution is 0.521. The quantitative estimate of drug-likeness (QED) is 0.777. The Hall–Kier alpha value is -1.29. The van der Waals surface area contributed by atoms with Gasteiger partial charge in [-0.15, -0.1) is 0 Å². The van der Waals surface area contributed by atoms with Gasteiger partial charge in [-0.1, -0.05) is 0 Å². The predicted octanol–water partition coefficient (Wildman–Crippen LogP) is 2.32. The molecule has 0 aromatic carbocycles. The van der Waals surface area contributed by atoms with Crippen molar-refractivity contribution in [2.45, 2.75) is 11.5 Å². The summed E-state index contributed by atoms with van der Waals surface area (Å²) in [6.45, 7) is 0. The molecule has 4 heteroatoms. The van der Waals surface area contributed by atoms with Crippen molar-refractivity contribution in [3.8, 4) is 0 Å². The summed E-state index contributed by atoms with van der Waals surface area (Å²) in [5.41, 5.74) is 0. The summed E-state index contributed by atoms with van der Waals surface area (Å²) in [5.74, 6) is 2.37. The fraction of sp³-hybridized carbons (Fsp3) is 0.200. The number of rotatable bonds is 4. The van der Waals surface area contributed by atoms with Crippen molar-refractivity contribution in [2.75, 3.05) is 0 Å². The molecule has 2 heterocycles. The lowest BCUT2D eigenvalue weighted by Gasteiger charge is -1.96. The molecule has 0 fully saturated rings. The highest BCUT2D eigenvalue weighted by Crippen LogP contribution is 2.09. The van der Waals surface area contributed by atoms with Gasteiger partial charge in [0, 0.05) is 10.8 Å². The van der Waals surface area contributed by atoms with Crippen LogP contribution in [0.5, 0.6) is 0 Å². The summed E-state index contributed by atoms with van der Waals surface area (Å²) in [4.78, 5) is 0. The van der Waals surface area contributed by atoms with Gasteiger partial charge in [0.1, 0.15) is 11.5 Å². The van der Waals surface area contributed by atoms with Gasteiger partial charge < -0.3 is 8.83 Å². The largest absolute Gasteiger partial charge is 0.468 e. The van der Waals surface area contributed by atoms with Crippen LogP contribution < -0.4 is 0 Å². The fourth-order valence-corrected chi connectivity index (χ4v) is 2.22. The number of hydrogen-bond donors (Lipinski definition) is 0. The third-order valence-electron chi connectivity index (χ3n) is 1.77. The van der Waals surface area contributed by atoms with Gasteiger partial charge in [-0.25, -0.2) is 0 Å². The molecule has 0 aliphatic carbocycles. The second-order valence-electron chi connectivity index (χ2n) is 2.89. The Morgan fingerprint density at radius 2 is 1.50 bits per heavy atom. The molecule has 74 valence electrons. The van der Waals surface area contributed by atoms with E-state index in [1.807, 2.05) is 12.1 Å². The van der Waals surface area contributed by atoms with Crippen LogP contribution in [0.3, 0.4) is 0 Å². The van der Waals surface area contributed by atoms with E-state index in [0.29, 0.717) is 11.5 Å². The van der Waals surface area contributed by atoms with Crippen LogP contribution in [0.4, 0.5) is 0 Å². The van der Waals surface area contributed by atoms with Crippen LogP contribution in [0, 0.1) is 0 Å². The molecule has 0 amide bonds. The molecule has 2 rings (SSSR count). The molecule has 2 aromatic rings. The van der Waals surface area contributed by atoms with Crippen molar-refractivity contribution in [3.05, 3.63) is 48.3 Å². The van der Waals surface area contributed by atoms with E-state index in [-0.39, 0.29) is 0 Å². The molecular weight excluding hydrogens is 200 g/mol. The summed E-state index contributed by atoms with van der Waals surface area (Å²) >= 11 is 0. The molecule has 0 unspecified atom stereocenters. The zero-order valence-electron chi connectivity index (χ0n) is 7.51. The van der Waals surface area contributed by atoms with E-state index in [4.69, 9.17) is 8.83 Å². The lowest BCUT2D eigenvalue weighted by atomic mass is 10.5. The standard InChI is InChI=1S/C10H10O3S/c11-14(7-9-3-1-5-12-9)8-10-4-2-6-13-10/h1-6H,7-8H2. The lowest BCUT2D eigenvalue weighted by Crippen LogP contribution is -1.97. The molecule has 0 radical (unpaired) electrons. The van der Waals surface area contributed by atoms with Crippen LogP contribution in [0.1, 0.15) is 11.5 Å². The zero-order valence-corrected chi connectivity index (χ0v) is 8.33. The smallest absolute Gasteiger partial charge is 0.116 e. The van der Waals surface area contributed by atoms with Crippen molar-refractivity contribution in [2.24, 2.45) is 0 Å². The van der Waals surface area contributed by atoms with Crippen molar-refractivity contribution in [3.63, 3.8) is 0 Å². The molecule has 0 spiro atoms. The Morgan fingerprint density at radius 1 is 1.00 bits per heavy atom. The van der Waals surface area contributed by atoms with Gasteiger partial charge >= 0.3 is 0 Å². The van der Waals surface area contributed by atoms with Crippen molar-refractivity contribution < 1.29 is 13.0 Å². The van der Waals surface area contributed by atoms with Crippen LogP contribution in [0.25, 0.3) is 0 Å². The van der Waals surface area contributed by atoms with Gasteiger partial charge in [-0.2, -0.15) is 0 Å². The third kappa shape index (κ3) is 2.35. The maximum absolute atomic E-state index is 11.6. The molecule has 0 aliphatic rings. The highest BCUT2D eigenvalue weighted by molar-refractivity contribution is 7.83. The Bertz CT molecular complexity index is 351. The fourth-order valence-electron chi connectivity index (χ4n) is 1.16. The Balaban J connectivity index is 1.91. The summed E-state index contributed by atoms with van der Waals surface area (Å²) in [7, 11) is -0.966. The molecule has 0 atom stereocenters. The van der Waals surface area contributed by atoms with Crippen molar-refractivity contribution in [1.82, 2.24) is 0 Å². The van der Waals surface area contributed by atoms with E-state index in [1.54, 1.807) is 24.7 Å². The topological polar surface area (TPSA) is 43.4 Å². The minimum Gasteiger partial charge on any atom is -0.468 e. The zero-order chi connectivity index (χ0) is 9.80. The van der Waals surface area contributed by atoms with E-state index in [0.717, 1.165) is 11.5 Å². The van der Waals surface area contributed by atoms with Crippen molar-refractivity contribution >= 4 is 10.8 Å². The highest BCUT2D eigenvalue weighted by Gasteiger charge is 2.06. The maximum Gasteiger partial charge on any atom is 0.116 e. The summed E-state index contributed by atoms with van der Waals surface area (Å²) in [6.07, 6.45) is 3.17. The van der Waals surface area contributed by atoms with E-state index in [1.165, 1.54) is 0 Å². The molecule has 2 aromatic heterocycles. The van der Waals surface area contributed by atoms with E-state index < -0.39 is 10.8 Å². The average Bonchev–Trinajstić information content (AvgIpc) is 2.76. The van der Waals surface area contributed by atoms with E-state index >= 15 is 0 Å². The SMILES string of the molecule is O=S(Cc1ccco1)Cc1ccco1. The van der Waals surface area contributed by atoms with Gasteiger partial charge in [-0.05, 0) is 24.3 Å². The second kappa shape index (κ2) is 4.28. The minimum atomic E-state index is -0.966. The van der Waals surface area contributed by atoms with Crippen LogP contribution in [0.15, 0.2) is 45.6 Å². The highest BCUT2D eigenvalue weighted by atomic mass is 32.2. The molecule has 0 saturated heterocycles. The van der Waals surface area contributed by atoms with Crippen LogP contribution in [-0.4, -0.2) is 4.21 Å². The third-order valence-corrected chi connectivity index (χ3v) is 2.98. The minimum absolute atomic E-state index is 0.438. The molecular formula is C10H10O3S.